The molecule has 9 nitrogen and oxygen atoms in total. The third kappa shape index (κ3) is 4.93. The molecule has 3 aromatic heterocycles. The van der Waals surface area contributed by atoms with Crippen molar-refractivity contribution in [2.24, 2.45) is 5.41 Å². The summed E-state index contributed by atoms with van der Waals surface area (Å²) in [6, 6.07) is 9.09. The smallest absolute Gasteiger partial charge is 0.319 e. The molecule has 0 unspecified atom stereocenters. The van der Waals surface area contributed by atoms with Crippen molar-refractivity contribution in [3.8, 4) is 35.2 Å². The fourth-order valence-electron chi connectivity index (χ4n) is 8.03. The van der Waals surface area contributed by atoms with Crippen LogP contribution in [0.4, 0.5) is 14.6 Å². The Morgan fingerprint density at radius 3 is 2.64 bits per heavy atom. The SMILES string of the molecule is C#Cc1c(F)ccc2cc(O)cc(-c3cc4nc(OCC5(CN6CC[C@@H](F)C6)CC5)nc(N5C[C@H]6CC[C@@H](C5)N6)c4n4ccnc34)c12. The lowest BCUT2D eigenvalue weighted by atomic mass is 9.94. The van der Waals surface area contributed by atoms with E-state index >= 15 is 4.39 Å². The molecule has 11 heteroatoms. The number of terminal acetylenes is 1. The molecule has 2 aromatic carbocycles. The maximum Gasteiger partial charge on any atom is 0.319 e. The Balaban J connectivity index is 1.19. The summed E-state index contributed by atoms with van der Waals surface area (Å²) in [6.45, 7) is 4.16. The van der Waals surface area contributed by atoms with Gasteiger partial charge in [-0.3, -0.25) is 9.30 Å². The maximum absolute atomic E-state index is 15.0. The second kappa shape index (κ2) is 10.8. The molecule has 0 spiro atoms. The number of nitrogens with one attached hydrogen (secondary N) is 1. The van der Waals surface area contributed by atoms with Gasteiger partial charge in [-0.15, -0.1) is 6.42 Å². The van der Waals surface area contributed by atoms with E-state index in [-0.39, 0.29) is 22.7 Å². The third-order valence-electron chi connectivity index (χ3n) is 10.5. The number of phenolic OH excluding ortho intramolecular Hbond substituents is 1. The number of phenols is 1. The van der Waals surface area contributed by atoms with Crippen molar-refractivity contribution in [1.82, 2.24) is 29.6 Å². The molecule has 3 atom stereocenters. The minimum atomic E-state index is -0.751. The van der Waals surface area contributed by atoms with Crippen LogP contribution in [0.5, 0.6) is 11.8 Å². The van der Waals surface area contributed by atoms with Gasteiger partial charge in [-0.2, -0.15) is 9.97 Å². The van der Waals surface area contributed by atoms with Gasteiger partial charge in [-0.25, -0.2) is 13.8 Å². The molecule has 9 rings (SSSR count). The van der Waals surface area contributed by atoms with Gasteiger partial charge >= 0.3 is 6.01 Å². The van der Waals surface area contributed by atoms with Crippen molar-refractivity contribution >= 4 is 33.3 Å². The van der Waals surface area contributed by atoms with Crippen LogP contribution in [0.1, 0.15) is 37.7 Å². The van der Waals surface area contributed by atoms with Gasteiger partial charge in [0.15, 0.2) is 5.82 Å². The summed E-state index contributed by atoms with van der Waals surface area (Å²) < 4.78 is 37.4. The molecule has 2 N–H and O–H groups in total. The molecule has 6 heterocycles. The van der Waals surface area contributed by atoms with Crippen LogP contribution in [-0.4, -0.2) is 86.9 Å². The lowest BCUT2D eigenvalue weighted by molar-refractivity contribution is 0.165. The number of anilines is 1. The number of ether oxygens (including phenoxy) is 1. The van der Waals surface area contributed by atoms with Gasteiger partial charge in [0.05, 0.1) is 17.7 Å². The highest BCUT2D eigenvalue weighted by Crippen LogP contribution is 2.47. The molecule has 4 aliphatic rings. The second-order valence-electron chi connectivity index (χ2n) is 13.9. The average molecular weight is 636 g/mol. The molecular weight excluding hydrogens is 600 g/mol. The number of pyridine rings is 1. The van der Waals surface area contributed by atoms with Gasteiger partial charge in [0.25, 0.3) is 0 Å². The van der Waals surface area contributed by atoms with Crippen molar-refractivity contribution in [1.29, 1.82) is 0 Å². The fourth-order valence-corrected chi connectivity index (χ4v) is 8.03. The van der Waals surface area contributed by atoms with E-state index in [0.29, 0.717) is 64.7 Å². The molecule has 5 aromatic rings. The maximum atomic E-state index is 15.0. The highest BCUT2D eigenvalue weighted by molar-refractivity contribution is 6.06. The zero-order valence-corrected chi connectivity index (χ0v) is 25.9. The highest BCUT2D eigenvalue weighted by atomic mass is 19.1. The first-order chi connectivity index (χ1) is 22.9. The summed E-state index contributed by atoms with van der Waals surface area (Å²) in [5.41, 5.74) is 3.36. The first-order valence-electron chi connectivity index (χ1n) is 16.5. The fraction of sp³-hybridized carbons (Fsp3) is 0.417. The first kappa shape index (κ1) is 28.7. The van der Waals surface area contributed by atoms with Gasteiger partial charge < -0.3 is 20.1 Å². The van der Waals surface area contributed by atoms with Gasteiger partial charge in [0.1, 0.15) is 28.9 Å². The summed E-state index contributed by atoms with van der Waals surface area (Å²) in [6.07, 6.45) is 13.6. The normalized spacial score (nSPS) is 23.6. The van der Waals surface area contributed by atoms with E-state index in [2.05, 4.69) is 21.0 Å². The number of nitrogens with zero attached hydrogens (tertiary/aromatic N) is 6. The molecule has 0 amide bonds. The largest absolute Gasteiger partial charge is 0.508 e. The number of aromatic hydroxyl groups is 1. The van der Waals surface area contributed by atoms with E-state index < -0.39 is 12.0 Å². The number of hydrogen-bond donors (Lipinski definition) is 2. The molecule has 2 bridgehead atoms. The zero-order valence-electron chi connectivity index (χ0n) is 25.9. The van der Waals surface area contributed by atoms with Crippen molar-refractivity contribution in [2.75, 3.05) is 44.2 Å². The monoisotopic (exact) mass is 635 g/mol. The number of likely N-dealkylation sites (tertiary alicyclic amines) is 1. The van der Waals surface area contributed by atoms with Crippen LogP contribution in [0.2, 0.25) is 0 Å². The van der Waals surface area contributed by atoms with Crippen LogP contribution in [-0.2, 0) is 0 Å². The van der Waals surface area contributed by atoms with Crippen LogP contribution in [0, 0.1) is 23.6 Å². The van der Waals surface area contributed by atoms with E-state index in [0.717, 1.165) is 63.2 Å². The van der Waals surface area contributed by atoms with Crippen LogP contribution < -0.4 is 15.0 Å². The minimum Gasteiger partial charge on any atom is -0.508 e. The molecule has 1 saturated carbocycles. The quantitative estimate of drug-likeness (QED) is 0.240. The van der Waals surface area contributed by atoms with E-state index in [1.165, 1.54) is 6.07 Å². The Morgan fingerprint density at radius 1 is 1.06 bits per heavy atom. The Kier molecular flexibility index (Phi) is 6.56. The van der Waals surface area contributed by atoms with Crippen LogP contribution in [0.15, 0.2) is 42.7 Å². The molecule has 3 aliphatic heterocycles. The first-order valence-corrected chi connectivity index (χ1v) is 16.5. The minimum absolute atomic E-state index is 0.0215. The van der Waals surface area contributed by atoms with E-state index in [1.54, 1.807) is 24.4 Å². The number of fused-ring (bicyclic) bond motifs is 6. The summed E-state index contributed by atoms with van der Waals surface area (Å²) >= 11 is 0. The zero-order chi connectivity index (χ0) is 31.9. The summed E-state index contributed by atoms with van der Waals surface area (Å²) in [5.74, 6) is 2.82. The number of alkyl halides is 1. The van der Waals surface area contributed by atoms with Crippen LogP contribution in [0.25, 0.3) is 38.6 Å². The van der Waals surface area contributed by atoms with Crippen molar-refractivity contribution < 1.29 is 18.6 Å². The van der Waals surface area contributed by atoms with Gasteiger partial charge in [0, 0.05) is 73.6 Å². The number of aromatic nitrogens is 4. The molecule has 4 fully saturated rings. The van der Waals surface area contributed by atoms with E-state index in [1.807, 2.05) is 16.7 Å². The van der Waals surface area contributed by atoms with Gasteiger partial charge in [-0.05, 0) is 67.3 Å². The van der Waals surface area contributed by atoms with Gasteiger partial charge in [0.2, 0.25) is 0 Å². The lowest BCUT2D eigenvalue weighted by Crippen LogP contribution is -2.51. The topological polar surface area (TPSA) is 91.1 Å². The number of hydrogen-bond acceptors (Lipinski definition) is 8. The predicted molar refractivity (Wildman–Crippen MR) is 176 cm³/mol. The standard InChI is InChI=1S/C36H35F2N7O2/c1-2-26-29(38)6-3-21-13-25(46)14-27(31(21)26)28-15-30-32(45-12-10-39-33(28)45)34(44-17-23-4-5-24(18-44)40-23)42-35(41-30)47-20-36(8-9-36)19-43-11-7-22(37)16-43/h1,3,6,10,12-15,22-24,40,46H,4-5,7-9,11,16-20H2/t22-,23-,24+/m1/s1. The Labute approximate surface area is 270 Å². The Morgan fingerprint density at radius 2 is 1.89 bits per heavy atom. The van der Waals surface area contributed by atoms with Crippen LogP contribution >= 0.6 is 0 Å². The third-order valence-corrected chi connectivity index (χ3v) is 10.5. The van der Waals surface area contributed by atoms with Gasteiger partial charge in [-0.1, -0.05) is 12.0 Å². The van der Waals surface area contributed by atoms with Crippen molar-refractivity contribution in [3.05, 3.63) is 54.1 Å². The molecule has 240 valence electrons. The average Bonchev–Trinajstić information content (AvgIpc) is 3.33. The lowest BCUT2D eigenvalue weighted by Gasteiger charge is -2.34. The van der Waals surface area contributed by atoms with Crippen LogP contribution in [0.3, 0.4) is 0 Å². The molecule has 3 saturated heterocycles. The summed E-state index contributed by atoms with van der Waals surface area (Å²) in [7, 11) is 0. The summed E-state index contributed by atoms with van der Waals surface area (Å²) in [4.78, 5) is 19.3. The number of piperazine rings is 1. The Bertz CT molecular complexity index is 2090. The second-order valence-corrected chi connectivity index (χ2v) is 13.9. The van der Waals surface area contributed by atoms with E-state index in [4.69, 9.17) is 26.1 Å². The summed E-state index contributed by atoms with van der Waals surface area (Å²) in [5, 5.41) is 15.6. The number of rotatable bonds is 7. The predicted octanol–water partition coefficient (Wildman–Crippen LogP) is 5.07. The Hall–Kier alpha value is -4.53. The van der Waals surface area contributed by atoms with Crippen molar-refractivity contribution in [3.63, 3.8) is 0 Å². The number of benzene rings is 2. The molecule has 0 radical (unpaired) electrons. The number of halogens is 2. The number of imidazole rings is 1. The highest BCUT2D eigenvalue weighted by Gasteiger charge is 2.46. The molecule has 47 heavy (non-hydrogen) atoms. The molecule has 1 aliphatic carbocycles. The van der Waals surface area contributed by atoms with E-state index in [9.17, 15) is 9.50 Å². The van der Waals surface area contributed by atoms with Crippen molar-refractivity contribution in [2.45, 2.75) is 50.4 Å². The molecular formula is C36H35F2N7O2.